The van der Waals surface area contributed by atoms with E-state index in [9.17, 15) is 22.8 Å². The Labute approximate surface area is 192 Å². The number of aromatic amines is 1. The molecule has 0 unspecified atom stereocenters. The molecule has 0 atom stereocenters. The number of alkyl halides is 3. The predicted octanol–water partition coefficient (Wildman–Crippen LogP) is 4.28. The van der Waals surface area contributed by atoms with Crippen molar-refractivity contribution in [1.82, 2.24) is 19.5 Å². The van der Waals surface area contributed by atoms with Crippen molar-refractivity contribution < 1.29 is 27.5 Å². The summed E-state index contributed by atoms with van der Waals surface area (Å²) in [4.78, 5) is 34.0. The van der Waals surface area contributed by atoms with E-state index in [1.54, 1.807) is 25.7 Å². The first-order valence-electron chi connectivity index (χ1n) is 10.8. The van der Waals surface area contributed by atoms with Crippen LogP contribution in [0.15, 0.2) is 23.0 Å². The molecule has 1 aliphatic heterocycles. The summed E-state index contributed by atoms with van der Waals surface area (Å²) in [5.41, 5.74) is 1.49. The molecule has 0 bridgehead atoms. The van der Waals surface area contributed by atoms with Crippen LogP contribution in [-0.2, 0) is 15.8 Å². The number of rotatable bonds is 3. The van der Waals surface area contributed by atoms with Gasteiger partial charge in [-0.15, -0.1) is 0 Å². The minimum Gasteiger partial charge on any atom is -0.444 e. The standard InChI is InChI=1S/C22H26F3N5O4/c1-21(2,3)34-20(32)29-7-5-12(6-8-29)16-11-17(31)26-19-18-14(27-30(16)19)9-13(22(23,24)25)10-15(18)28-33-4/h9-12,28H,5-8H2,1-4H3,(H,26,31). The Balaban J connectivity index is 1.74. The summed E-state index contributed by atoms with van der Waals surface area (Å²) in [5.74, 6) is -0.126. The quantitative estimate of drug-likeness (QED) is 0.542. The third-order valence-electron chi connectivity index (χ3n) is 5.64. The lowest BCUT2D eigenvalue weighted by Gasteiger charge is -2.33. The van der Waals surface area contributed by atoms with Crippen LogP contribution in [0.2, 0.25) is 0 Å². The van der Waals surface area contributed by atoms with Crippen molar-refractivity contribution >= 4 is 28.3 Å². The number of nitrogens with one attached hydrogen (secondary N) is 2. The predicted molar refractivity (Wildman–Crippen MR) is 119 cm³/mol. The summed E-state index contributed by atoms with van der Waals surface area (Å²) in [6.07, 6.45) is -3.89. The lowest BCUT2D eigenvalue weighted by Crippen LogP contribution is -2.41. The third-order valence-corrected chi connectivity index (χ3v) is 5.64. The van der Waals surface area contributed by atoms with Crippen molar-refractivity contribution in [2.24, 2.45) is 0 Å². The van der Waals surface area contributed by atoms with Gasteiger partial charge in [-0.25, -0.2) is 9.31 Å². The molecule has 1 amide bonds. The highest BCUT2D eigenvalue weighted by atomic mass is 19.4. The number of anilines is 1. The number of carbonyl (C=O) groups excluding carboxylic acids is 1. The van der Waals surface area contributed by atoms with Crippen LogP contribution in [0, 0.1) is 0 Å². The second-order valence-electron chi connectivity index (χ2n) is 9.28. The molecule has 3 heterocycles. The van der Waals surface area contributed by atoms with E-state index >= 15 is 0 Å². The van der Waals surface area contributed by atoms with Crippen LogP contribution in [-0.4, -0.2) is 51.4 Å². The Morgan fingerprint density at radius 1 is 1.18 bits per heavy atom. The number of likely N-dealkylation sites (tertiary alicyclic amines) is 1. The fourth-order valence-corrected chi connectivity index (χ4v) is 4.20. The normalized spacial score (nSPS) is 15.8. The van der Waals surface area contributed by atoms with Gasteiger partial charge in [-0.05, 0) is 45.7 Å². The number of hydrogen-bond donors (Lipinski definition) is 2. The molecule has 0 radical (unpaired) electrons. The van der Waals surface area contributed by atoms with Crippen molar-refractivity contribution in [3.63, 3.8) is 0 Å². The SMILES string of the molecule is CONc1cc(C(F)(F)F)cc2nn3c(C4CCN(C(=O)OC(C)(C)C)CC4)cc(=O)[nH]c3c12. The van der Waals surface area contributed by atoms with E-state index in [0.717, 1.165) is 12.1 Å². The molecule has 12 heteroatoms. The van der Waals surface area contributed by atoms with Gasteiger partial charge >= 0.3 is 12.3 Å². The monoisotopic (exact) mass is 481 g/mol. The molecule has 4 rings (SSSR count). The van der Waals surface area contributed by atoms with Crippen LogP contribution in [0.25, 0.3) is 16.6 Å². The van der Waals surface area contributed by atoms with Gasteiger partial charge in [0.05, 0.1) is 35.0 Å². The first-order chi connectivity index (χ1) is 15.9. The summed E-state index contributed by atoms with van der Waals surface area (Å²) >= 11 is 0. The molecule has 1 aliphatic rings. The first-order valence-corrected chi connectivity index (χ1v) is 10.8. The van der Waals surface area contributed by atoms with Gasteiger partial charge in [0, 0.05) is 25.1 Å². The van der Waals surface area contributed by atoms with Crippen molar-refractivity contribution in [1.29, 1.82) is 0 Å². The summed E-state index contributed by atoms with van der Waals surface area (Å²) < 4.78 is 47.2. The Morgan fingerprint density at radius 2 is 1.85 bits per heavy atom. The van der Waals surface area contributed by atoms with Crippen LogP contribution in [0.4, 0.5) is 23.7 Å². The molecule has 1 fully saturated rings. The Hall–Kier alpha value is -3.28. The number of amides is 1. The van der Waals surface area contributed by atoms with E-state index in [1.165, 1.54) is 17.7 Å². The molecule has 9 nitrogen and oxygen atoms in total. The maximum atomic E-state index is 13.4. The van der Waals surface area contributed by atoms with E-state index in [2.05, 4.69) is 15.6 Å². The molecule has 1 aromatic carbocycles. The average molecular weight is 481 g/mol. The van der Waals surface area contributed by atoms with Gasteiger partial charge in [0.2, 0.25) is 0 Å². The van der Waals surface area contributed by atoms with Crippen LogP contribution in [0.5, 0.6) is 0 Å². The number of H-pyrrole nitrogens is 1. The number of hydrogen-bond acceptors (Lipinski definition) is 6. The summed E-state index contributed by atoms with van der Waals surface area (Å²) in [6.45, 7) is 6.23. The van der Waals surface area contributed by atoms with E-state index < -0.39 is 29.0 Å². The number of carbonyl (C=O) groups is 1. The fourth-order valence-electron chi connectivity index (χ4n) is 4.20. The molecule has 184 valence electrons. The Kier molecular flexibility index (Phi) is 5.96. The highest BCUT2D eigenvalue weighted by Crippen LogP contribution is 2.37. The molecule has 3 aromatic rings. The zero-order valence-electron chi connectivity index (χ0n) is 19.2. The van der Waals surface area contributed by atoms with Gasteiger partial charge in [-0.1, -0.05) is 0 Å². The molecule has 34 heavy (non-hydrogen) atoms. The van der Waals surface area contributed by atoms with Gasteiger partial charge in [0.1, 0.15) is 11.2 Å². The van der Waals surface area contributed by atoms with Crippen LogP contribution < -0.4 is 11.0 Å². The number of piperidine rings is 1. The van der Waals surface area contributed by atoms with E-state index in [1.807, 2.05) is 0 Å². The van der Waals surface area contributed by atoms with Crippen molar-refractivity contribution in [2.75, 3.05) is 25.7 Å². The fraction of sp³-hybridized carbons (Fsp3) is 0.500. The summed E-state index contributed by atoms with van der Waals surface area (Å²) in [6, 6.07) is 3.26. The van der Waals surface area contributed by atoms with Crippen LogP contribution in [0.3, 0.4) is 0 Å². The maximum absolute atomic E-state index is 13.4. The maximum Gasteiger partial charge on any atom is 0.416 e. The van der Waals surface area contributed by atoms with E-state index in [0.29, 0.717) is 37.0 Å². The Bertz CT molecular complexity index is 1280. The largest absolute Gasteiger partial charge is 0.444 e. The second-order valence-corrected chi connectivity index (χ2v) is 9.28. The van der Waals surface area contributed by atoms with Crippen molar-refractivity contribution in [3.8, 4) is 0 Å². The molecule has 0 aliphatic carbocycles. The zero-order valence-corrected chi connectivity index (χ0v) is 19.2. The highest BCUT2D eigenvalue weighted by Gasteiger charge is 2.33. The molecule has 0 spiro atoms. The minimum absolute atomic E-state index is 0.0369. The second kappa shape index (κ2) is 8.49. The van der Waals surface area contributed by atoms with E-state index in [4.69, 9.17) is 9.57 Å². The minimum atomic E-state index is -4.58. The number of fused-ring (bicyclic) bond motifs is 3. The van der Waals surface area contributed by atoms with Gasteiger partial charge in [-0.2, -0.15) is 18.3 Å². The van der Waals surface area contributed by atoms with Gasteiger partial charge in [0.15, 0.2) is 0 Å². The smallest absolute Gasteiger partial charge is 0.416 e. The highest BCUT2D eigenvalue weighted by molar-refractivity contribution is 6.02. The van der Waals surface area contributed by atoms with Crippen LogP contribution >= 0.6 is 0 Å². The average Bonchev–Trinajstić information content (AvgIpc) is 3.10. The molecule has 1 saturated heterocycles. The van der Waals surface area contributed by atoms with Crippen LogP contribution in [0.1, 0.15) is 50.8 Å². The Morgan fingerprint density at radius 3 is 2.44 bits per heavy atom. The third kappa shape index (κ3) is 4.67. The first kappa shape index (κ1) is 23.9. The van der Waals surface area contributed by atoms with Gasteiger partial charge in [-0.3, -0.25) is 15.1 Å². The molecular weight excluding hydrogens is 455 g/mol. The number of ether oxygens (including phenoxy) is 1. The summed E-state index contributed by atoms with van der Waals surface area (Å²) in [5, 5.41) is 4.70. The number of benzene rings is 1. The molecule has 0 saturated carbocycles. The lowest BCUT2D eigenvalue weighted by molar-refractivity contribution is -0.137. The van der Waals surface area contributed by atoms with Crippen molar-refractivity contribution in [3.05, 3.63) is 39.8 Å². The van der Waals surface area contributed by atoms with Gasteiger partial charge in [0.25, 0.3) is 5.56 Å². The number of halogens is 3. The number of aromatic nitrogens is 3. The molecular formula is C22H26F3N5O4. The summed E-state index contributed by atoms with van der Waals surface area (Å²) in [7, 11) is 1.28. The molecule has 2 aromatic heterocycles. The topological polar surface area (TPSA) is 101 Å². The van der Waals surface area contributed by atoms with Crippen molar-refractivity contribution in [2.45, 2.75) is 51.3 Å². The lowest BCUT2D eigenvalue weighted by atomic mass is 9.93. The number of nitrogens with zero attached hydrogens (tertiary/aromatic N) is 3. The molecule has 2 N–H and O–H groups in total. The zero-order chi connectivity index (χ0) is 24.8. The van der Waals surface area contributed by atoms with Gasteiger partial charge < -0.3 is 14.6 Å². The van der Waals surface area contributed by atoms with E-state index in [-0.39, 0.29) is 22.8 Å².